The molecule has 4 rings (SSSR count). The monoisotopic (exact) mass is 440 g/mol. The predicted molar refractivity (Wildman–Crippen MR) is 95.3 cm³/mol. The van der Waals surface area contributed by atoms with Crippen molar-refractivity contribution >= 4 is 27.4 Å². The lowest BCUT2D eigenvalue weighted by Crippen LogP contribution is -2.49. The van der Waals surface area contributed by atoms with Gasteiger partial charge in [0, 0.05) is 32.2 Å². The molecule has 0 N–H and O–H groups in total. The molecule has 3 aromatic rings. The van der Waals surface area contributed by atoms with Gasteiger partial charge in [-0.25, -0.2) is 19.5 Å². The van der Waals surface area contributed by atoms with Gasteiger partial charge in [0.15, 0.2) is 5.65 Å². The number of hydrogen-bond donors (Lipinski definition) is 0. The van der Waals surface area contributed by atoms with Crippen LogP contribution in [0.5, 0.6) is 0 Å². The van der Waals surface area contributed by atoms with E-state index in [2.05, 4.69) is 42.0 Å². The summed E-state index contributed by atoms with van der Waals surface area (Å²) in [6.07, 6.45) is -1.14. The number of pyridine rings is 1. The minimum Gasteiger partial charge on any atom is -0.354 e. The predicted octanol–water partition coefficient (Wildman–Crippen LogP) is 2.43. The number of rotatable bonds is 3. The van der Waals surface area contributed by atoms with Crippen LogP contribution in [0.25, 0.3) is 17.0 Å². The Kier molecular flexibility index (Phi) is 4.72. The van der Waals surface area contributed by atoms with Gasteiger partial charge in [0.05, 0.1) is 12.7 Å². The first kappa shape index (κ1) is 18.1. The third-order valence-corrected chi connectivity index (χ3v) is 4.81. The number of fused-ring (bicyclic) bond motifs is 1. The van der Waals surface area contributed by atoms with E-state index in [0.717, 1.165) is 0 Å². The first-order valence-corrected chi connectivity index (χ1v) is 8.97. The fourth-order valence-electron chi connectivity index (χ4n) is 3.02. The zero-order chi connectivity index (χ0) is 19.0. The molecular weight excluding hydrogens is 427 g/mol. The van der Waals surface area contributed by atoms with Crippen LogP contribution in [0.1, 0.15) is 0 Å². The molecule has 1 aliphatic rings. The Morgan fingerprint density at radius 1 is 1.15 bits per heavy atom. The molecule has 0 unspecified atom stereocenters. The number of piperazine rings is 1. The van der Waals surface area contributed by atoms with Crippen molar-refractivity contribution in [1.29, 1.82) is 0 Å². The number of hydrogen-bond acceptors (Lipinski definition) is 6. The lowest BCUT2D eigenvalue weighted by Gasteiger charge is -2.35. The third kappa shape index (κ3) is 3.88. The van der Waals surface area contributed by atoms with Gasteiger partial charge in [-0.1, -0.05) is 0 Å². The maximum atomic E-state index is 12.5. The minimum atomic E-state index is -4.17. The molecule has 0 saturated carbocycles. The Morgan fingerprint density at radius 2 is 1.93 bits per heavy atom. The molecule has 4 heterocycles. The van der Waals surface area contributed by atoms with E-state index in [1.165, 1.54) is 11.2 Å². The van der Waals surface area contributed by atoms with Crippen LogP contribution in [-0.2, 0) is 0 Å². The van der Waals surface area contributed by atoms with Crippen molar-refractivity contribution in [2.75, 3.05) is 37.6 Å². The highest BCUT2D eigenvalue weighted by Crippen LogP contribution is 2.24. The molecule has 1 saturated heterocycles. The molecule has 141 valence electrons. The summed E-state index contributed by atoms with van der Waals surface area (Å²) in [6, 6.07) is 6.58. The van der Waals surface area contributed by atoms with Crippen molar-refractivity contribution in [3.05, 3.63) is 35.3 Å². The van der Waals surface area contributed by atoms with Gasteiger partial charge in [-0.05, 0) is 28.1 Å². The number of halogens is 4. The summed E-state index contributed by atoms with van der Waals surface area (Å²) in [5.41, 5.74) is 1.59. The van der Waals surface area contributed by atoms with Gasteiger partial charge < -0.3 is 4.90 Å². The van der Waals surface area contributed by atoms with Crippen molar-refractivity contribution < 1.29 is 13.2 Å². The standard InChI is InChI=1S/C16H14BrF3N7/c17-12-8-21-14(15-22-10-23-27(12)15)11-2-1-3-13(24-11)26-6-4-25(5-7-26)9-16(18,19)20/h1,3,8,10H,4-7,9H2. The highest BCUT2D eigenvalue weighted by molar-refractivity contribution is 9.10. The normalized spacial score (nSPS) is 16.2. The van der Waals surface area contributed by atoms with E-state index >= 15 is 0 Å². The largest absolute Gasteiger partial charge is 0.401 e. The zero-order valence-corrected chi connectivity index (χ0v) is 15.6. The second-order valence-corrected chi connectivity index (χ2v) is 6.91. The molecule has 0 amide bonds. The Hall–Kier alpha value is -2.27. The molecule has 1 fully saturated rings. The van der Waals surface area contributed by atoms with Crippen LogP contribution >= 0.6 is 15.9 Å². The van der Waals surface area contributed by atoms with Crippen LogP contribution in [0.4, 0.5) is 19.0 Å². The van der Waals surface area contributed by atoms with Crippen molar-refractivity contribution in [2.24, 2.45) is 0 Å². The van der Waals surface area contributed by atoms with Crippen molar-refractivity contribution in [2.45, 2.75) is 6.18 Å². The molecule has 1 aliphatic heterocycles. The maximum absolute atomic E-state index is 12.5. The van der Waals surface area contributed by atoms with Gasteiger partial charge in [0.2, 0.25) is 0 Å². The molecule has 0 aliphatic carbocycles. The Balaban J connectivity index is 1.55. The Labute approximate surface area is 161 Å². The van der Waals surface area contributed by atoms with E-state index in [4.69, 9.17) is 0 Å². The first-order chi connectivity index (χ1) is 12.9. The zero-order valence-electron chi connectivity index (χ0n) is 14.0. The molecule has 0 bridgehead atoms. The van der Waals surface area contributed by atoms with Crippen LogP contribution in [0, 0.1) is 6.07 Å². The number of anilines is 1. The van der Waals surface area contributed by atoms with Gasteiger partial charge in [-0.3, -0.25) is 4.90 Å². The van der Waals surface area contributed by atoms with E-state index in [-0.39, 0.29) is 0 Å². The van der Waals surface area contributed by atoms with E-state index < -0.39 is 12.7 Å². The lowest BCUT2D eigenvalue weighted by molar-refractivity contribution is -0.146. The molecule has 1 radical (unpaired) electrons. The van der Waals surface area contributed by atoms with Crippen molar-refractivity contribution in [3.8, 4) is 11.4 Å². The molecule has 7 nitrogen and oxygen atoms in total. The average Bonchev–Trinajstić information content (AvgIpc) is 3.12. The van der Waals surface area contributed by atoms with E-state index in [1.807, 2.05) is 4.90 Å². The molecule has 0 spiro atoms. The summed E-state index contributed by atoms with van der Waals surface area (Å²) in [4.78, 5) is 16.6. The van der Waals surface area contributed by atoms with Gasteiger partial charge in [0.1, 0.15) is 28.1 Å². The summed E-state index contributed by atoms with van der Waals surface area (Å²) in [7, 11) is 0. The second-order valence-electron chi connectivity index (χ2n) is 6.10. The summed E-state index contributed by atoms with van der Waals surface area (Å²) < 4.78 is 39.9. The molecule has 0 atom stereocenters. The SMILES string of the molecule is FC(F)(F)CN1CCN(c2cc[c]c(-c3ncc(Br)n4ncnc34)n2)CC1. The van der Waals surface area contributed by atoms with Gasteiger partial charge >= 0.3 is 6.18 Å². The Morgan fingerprint density at radius 3 is 2.67 bits per heavy atom. The van der Waals surface area contributed by atoms with Crippen LogP contribution < -0.4 is 4.90 Å². The highest BCUT2D eigenvalue weighted by atomic mass is 79.9. The Bertz CT molecular complexity index is 951. The summed E-state index contributed by atoms with van der Waals surface area (Å²) in [6.45, 7) is 0.733. The minimum absolute atomic E-state index is 0.333. The van der Waals surface area contributed by atoms with Crippen LogP contribution in [-0.4, -0.2) is 68.4 Å². The highest BCUT2D eigenvalue weighted by Gasteiger charge is 2.32. The van der Waals surface area contributed by atoms with Crippen molar-refractivity contribution in [1.82, 2.24) is 29.5 Å². The smallest absolute Gasteiger partial charge is 0.354 e. The first-order valence-electron chi connectivity index (χ1n) is 8.18. The van der Waals surface area contributed by atoms with E-state index in [9.17, 15) is 13.2 Å². The number of aromatic nitrogens is 5. The van der Waals surface area contributed by atoms with E-state index in [0.29, 0.717) is 53.6 Å². The van der Waals surface area contributed by atoms with Gasteiger partial charge in [0.25, 0.3) is 0 Å². The summed E-state index contributed by atoms with van der Waals surface area (Å²) in [5, 5.41) is 4.12. The molecule has 11 heteroatoms. The van der Waals surface area contributed by atoms with E-state index in [1.54, 1.807) is 22.8 Å². The molecule has 3 aromatic heterocycles. The third-order valence-electron chi connectivity index (χ3n) is 4.26. The maximum Gasteiger partial charge on any atom is 0.401 e. The fourth-order valence-corrected chi connectivity index (χ4v) is 3.38. The van der Waals surface area contributed by atoms with Crippen LogP contribution in [0.2, 0.25) is 0 Å². The van der Waals surface area contributed by atoms with Crippen LogP contribution in [0.3, 0.4) is 0 Å². The lowest BCUT2D eigenvalue weighted by atomic mass is 10.2. The fraction of sp³-hybridized carbons (Fsp3) is 0.375. The van der Waals surface area contributed by atoms with Crippen molar-refractivity contribution in [3.63, 3.8) is 0 Å². The molecule has 27 heavy (non-hydrogen) atoms. The summed E-state index contributed by atoms with van der Waals surface area (Å²) >= 11 is 3.36. The van der Waals surface area contributed by atoms with Crippen LogP contribution in [0.15, 0.2) is 29.3 Å². The summed E-state index contributed by atoms with van der Waals surface area (Å²) in [5.74, 6) is 0.679. The topological polar surface area (TPSA) is 62.5 Å². The second kappa shape index (κ2) is 7.04. The average molecular weight is 441 g/mol. The number of alkyl halides is 3. The molecular formula is C16H14BrF3N7. The van der Waals surface area contributed by atoms with Gasteiger partial charge in [-0.2, -0.15) is 18.3 Å². The quantitative estimate of drug-likeness (QED) is 0.623. The van der Waals surface area contributed by atoms with Gasteiger partial charge in [-0.15, -0.1) is 0 Å². The number of nitrogens with zero attached hydrogens (tertiary/aromatic N) is 7. The molecule has 0 aromatic carbocycles.